The summed E-state index contributed by atoms with van der Waals surface area (Å²) in [6, 6.07) is 0. The van der Waals surface area contributed by atoms with Gasteiger partial charge in [-0.05, 0) is 56.8 Å². The molecular weight excluding hydrogens is 792 g/mol. The van der Waals surface area contributed by atoms with Gasteiger partial charge in [0.15, 0.2) is 36.3 Å². The number of ether oxygens (including phenoxy) is 2. The van der Waals surface area contributed by atoms with Crippen molar-refractivity contribution in [3.05, 3.63) is 0 Å². The lowest BCUT2D eigenvalue weighted by molar-refractivity contribution is -0.378. The highest BCUT2D eigenvalue weighted by molar-refractivity contribution is 5.85. The number of hydrogen-bond donors (Lipinski definition) is 10. The van der Waals surface area contributed by atoms with E-state index in [-0.39, 0.29) is 32.2 Å². The number of hydrogen-bond acceptors (Lipinski definition) is 15. The number of quaternary nitrogens is 1. The second-order valence-corrected chi connectivity index (χ2v) is 14.5. The molecule has 2 saturated heterocycles. The average Bonchev–Trinajstić information content (AvgIpc) is 3.68. The lowest BCUT2D eigenvalue weighted by atomic mass is 9.94. The summed E-state index contributed by atoms with van der Waals surface area (Å²) in [4.78, 5) is 47.3. The molecule has 0 radical (unpaired) electrons. The highest BCUT2D eigenvalue weighted by Gasteiger charge is 2.57. The van der Waals surface area contributed by atoms with Crippen molar-refractivity contribution in [2.24, 2.45) is 29.4 Å². The fourth-order valence-corrected chi connectivity index (χ4v) is 4.32. The normalized spacial score (nSPS) is 21.3. The van der Waals surface area contributed by atoms with Crippen molar-refractivity contribution >= 4 is 23.6 Å². The number of aliphatic hydroxyl groups excluding tert-OH is 7. The van der Waals surface area contributed by atoms with Gasteiger partial charge in [-0.3, -0.25) is 9.59 Å². The van der Waals surface area contributed by atoms with Crippen LogP contribution in [0.1, 0.15) is 122 Å². The molecule has 2 aliphatic heterocycles. The molecule has 17 nitrogen and oxygen atoms in total. The summed E-state index contributed by atoms with van der Waals surface area (Å²) in [6.45, 7) is 28.9. The third-order valence-corrected chi connectivity index (χ3v) is 10.1. The number of amides is 1. The fourth-order valence-electron chi connectivity index (χ4n) is 4.32. The van der Waals surface area contributed by atoms with E-state index in [0.717, 1.165) is 39.0 Å². The van der Waals surface area contributed by atoms with Gasteiger partial charge in [-0.15, -0.1) is 0 Å². The maximum absolute atomic E-state index is 11.9. The van der Waals surface area contributed by atoms with E-state index in [1.54, 1.807) is 0 Å². The molecule has 0 aromatic heterocycles. The monoisotopic (exact) mass is 881 g/mol. The summed E-state index contributed by atoms with van der Waals surface area (Å²) in [5.74, 6) is -1.14. The van der Waals surface area contributed by atoms with Crippen molar-refractivity contribution in [3.8, 4) is 0 Å². The van der Waals surface area contributed by atoms with Gasteiger partial charge in [0.1, 0.15) is 18.3 Å². The zero-order valence-electron chi connectivity index (χ0n) is 37.6. The number of nitrogens with one attached hydrogen (secondary N) is 1. The van der Waals surface area contributed by atoms with Crippen LogP contribution in [0.3, 0.4) is 0 Å². The second-order valence-electron chi connectivity index (χ2n) is 14.5. The highest BCUT2D eigenvalue weighted by atomic mass is 35.5. The van der Waals surface area contributed by atoms with E-state index in [2.05, 4.69) is 73.9 Å². The highest BCUT2D eigenvalue weighted by Crippen LogP contribution is 2.28. The van der Waals surface area contributed by atoms with Crippen LogP contribution >= 0.6 is 0 Å². The number of carbonyl (C=O) groups excluding carboxylic acids is 4. The van der Waals surface area contributed by atoms with Gasteiger partial charge in [-0.25, -0.2) is 9.59 Å². The molecular formula is C41H89ClN4O13. The van der Waals surface area contributed by atoms with Crippen molar-refractivity contribution in [2.45, 2.75) is 171 Å². The van der Waals surface area contributed by atoms with Crippen molar-refractivity contribution in [1.29, 1.82) is 0 Å². The molecule has 2 aliphatic rings. The van der Waals surface area contributed by atoms with Crippen LogP contribution in [0.5, 0.6) is 0 Å². The van der Waals surface area contributed by atoms with Gasteiger partial charge in [-0.2, -0.15) is 0 Å². The number of fused-ring (bicyclic) bond motifs is 1. The molecule has 2 fully saturated rings. The van der Waals surface area contributed by atoms with Crippen LogP contribution in [-0.4, -0.2) is 159 Å². The van der Waals surface area contributed by atoms with E-state index in [9.17, 15) is 39.6 Å². The number of aliphatic hydroxyl groups is 7. The van der Waals surface area contributed by atoms with Crippen LogP contribution in [0.4, 0.5) is 0 Å². The van der Waals surface area contributed by atoms with Gasteiger partial charge in [0.25, 0.3) is 5.91 Å². The molecule has 2 rings (SSSR count). The first kappa shape index (κ1) is 68.7. The molecule has 59 heavy (non-hydrogen) atoms. The van der Waals surface area contributed by atoms with Gasteiger partial charge in [-0.1, -0.05) is 103 Å². The Kier molecular flexibility index (Phi) is 48.1. The SMILES string of the molecule is C.CCC(C)CCC(=O)[C@@H](O)[C@@H](O)[C@H](O)[C@@H](O)C(=O)NCC(C)CC.CCC(C)CN.CCC(C)C[NH3+].CCN(CC)CC.CO.O=C1O[C@H]2[C@H](OC(=O)[C@@H]2O)[C@@H]1O.[Cl-]. The first-order valence-corrected chi connectivity index (χ1v) is 20.7. The van der Waals surface area contributed by atoms with E-state index in [0.29, 0.717) is 24.8 Å². The Labute approximate surface area is 362 Å². The van der Waals surface area contributed by atoms with E-state index in [1.165, 1.54) is 32.5 Å². The van der Waals surface area contributed by atoms with Crippen LogP contribution in [0.15, 0.2) is 0 Å². The third-order valence-electron chi connectivity index (χ3n) is 10.1. The van der Waals surface area contributed by atoms with Crippen LogP contribution < -0.4 is 29.2 Å². The quantitative estimate of drug-likeness (QED) is 0.0596. The number of nitrogens with zero attached hydrogens (tertiary/aromatic N) is 1. The molecule has 0 spiro atoms. The Morgan fingerprint density at radius 2 is 1.08 bits per heavy atom. The summed E-state index contributed by atoms with van der Waals surface area (Å²) in [5, 5.41) is 66.9. The molecule has 4 unspecified atom stereocenters. The van der Waals surface area contributed by atoms with Crippen molar-refractivity contribution < 1.29 is 82.5 Å². The lowest BCUT2D eigenvalue weighted by Gasteiger charge is -2.25. The van der Waals surface area contributed by atoms with E-state index < -0.39 is 72.5 Å². The number of esters is 2. The van der Waals surface area contributed by atoms with Crippen LogP contribution in [0, 0.1) is 23.7 Å². The molecule has 18 heteroatoms. The minimum atomic E-state index is -1.94. The molecule has 0 bridgehead atoms. The summed E-state index contributed by atoms with van der Waals surface area (Å²) in [5.41, 5.74) is 9.04. The number of rotatable bonds is 19. The average molecular weight is 882 g/mol. The molecule has 358 valence electrons. The largest absolute Gasteiger partial charge is 1.00 e. The maximum atomic E-state index is 11.9. The van der Waals surface area contributed by atoms with Gasteiger partial charge in [0.05, 0.1) is 6.54 Å². The Bertz CT molecular complexity index is 946. The number of ketones is 1. The number of carbonyl (C=O) groups is 4. The lowest BCUT2D eigenvalue weighted by Crippen LogP contribution is -3.00. The summed E-state index contributed by atoms with van der Waals surface area (Å²) in [6.07, 6.45) is -7.78. The second kappa shape index (κ2) is 41.3. The van der Waals surface area contributed by atoms with Crippen molar-refractivity contribution in [1.82, 2.24) is 10.2 Å². The van der Waals surface area contributed by atoms with E-state index in [4.69, 9.17) is 21.1 Å². The number of Topliss-reactive ketones (excluding diaryl/α,β-unsaturated/α-hetero) is 1. The molecule has 0 saturated carbocycles. The molecule has 0 aromatic rings. The predicted molar refractivity (Wildman–Crippen MR) is 226 cm³/mol. The van der Waals surface area contributed by atoms with Crippen molar-refractivity contribution in [2.75, 3.05) is 46.4 Å². The molecule has 1 amide bonds. The Morgan fingerprint density at radius 3 is 1.36 bits per heavy atom. The predicted octanol–water partition coefficient (Wildman–Crippen LogP) is -2.59. The Balaban J connectivity index is -0.000000166. The van der Waals surface area contributed by atoms with Gasteiger partial charge in [0, 0.05) is 26.0 Å². The Morgan fingerprint density at radius 1 is 0.712 bits per heavy atom. The third kappa shape index (κ3) is 29.8. The molecule has 12 atom stereocenters. The minimum absolute atomic E-state index is 0. The summed E-state index contributed by atoms with van der Waals surface area (Å²) >= 11 is 0. The van der Waals surface area contributed by atoms with Gasteiger partial charge in [0.2, 0.25) is 0 Å². The maximum Gasteiger partial charge on any atom is 0.339 e. The van der Waals surface area contributed by atoms with Crippen LogP contribution in [-0.2, 0) is 28.7 Å². The van der Waals surface area contributed by atoms with Gasteiger partial charge < -0.3 is 79.3 Å². The molecule has 2 heterocycles. The summed E-state index contributed by atoms with van der Waals surface area (Å²) in [7, 11) is 1.00. The summed E-state index contributed by atoms with van der Waals surface area (Å²) < 4.78 is 8.99. The van der Waals surface area contributed by atoms with E-state index >= 15 is 0 Å². The van der Waals surface area contributed by atoms with Gasteiger partial charge >= 0.3 is 11.9 Å². The number of nitrogens with two attached hydrogens (primary N) is 1. The molecule has 0 aromatic carbocycles. The standard InChI is InChI=1S/C17H33NO6.C6H15N.C6H6O6.2C5H13N.CH4O.CH4.ClH/c1-5-10(3)7-8-12(19)13(20)14(21)15(22)16(23)17(24)18-9-11(4)6-2;1-4-7(5-2)6-3;7-1-3-4(12-5(1)9)2(8)6(10)11-3;2*1-3-5(2)4-6;1-2;;/h10-11,13-16,20-23H,5-9H2,1-4H3,(H,18,24);4-6H2,1-3H3;1-4,7-8H;2*5H,3-4,6H2,1-2H3;2H,1H3;1H4;1H/t10?,11?,13-,14-,15+,16-;;1-,2+,3-,4-;;;;;/m1.1...../s1. The fraction of sp³-hybridized carbons (Fsp3) is 0.902. The smallest absolute Gasteiger partial charge is 0.339 e. The minimum Gasteiger partial charge on any atom is -1.00 e. The van der Waals surface area contributed by atoms with Crippen LogP contribution in [0.25, 0.3) is 0 Å². The van der Waals surface area contributed by atoms with Crippen molar-refractivity contribution in [3.63, 3.8) is 0 Å². The van der Waals surface area contributed by atoms with Crippen LogP contribution in [0.2, 0.25) is 0 Å². The zero-order valence-corrected chi connectivity index (χ0v) is 38.4. The number of halogens is 1. The topological polar surface area (TPSA) is 297 Å². The molecule has 13 N–H and O–H groups in total. The zero-order chi connectivity index (χ0) is 45.4. The molecule has 0 aliphatic carbocycles. The Hall–Kier alpha value is -2.03. The first-order chi connectivity index (χ1) is 26.7. The van der Waals surface area contributed by atoms with E-state index in [1.807, 2.05) is 27.7 Å². The first-order valence-electron chi connectivity index (χ1n) is 20.7.